The van der Waals surface area contributed by atoms with Gasteiger partial charge in [0.05, 0.1) is 7.11 Å². The summed E-state index contributed by atoms with van der Waals surface area (Å²) in [5.41, 5.74) is 9.82. The minimum absolute atomic E-state index is 0.797. The molecule has 0 aromatic heterocycles. The largest absolute Gasteiger partial charge is 0.497 e. The van der Waals surface area contributed by atoms with Crippen LogP contribution in [0.2, 0.25) is 0 Å². The quantitative estimate of drug-likeness (QED) is 0.859. The molecule has 3 heteroatoms. The Balaban J connectivity index is 1.88. The second-order valence-electron chi connectivity index (χ2n) is 4.79. The molecule has 0 fully saturated rings. The molecule has 0 bridgehead atoms. The summed E-state index contributed by atoms with van der Waals surface area (Å²) in [6.45, 7) is 0. The molecule has 0 unspecified atom stereocenters. The van der Waals surface area contributed by atoms with E-state index in [1.165, 1.54) is 35.3 Å². The molecule has 0 radical (unpaired) electrons. The van der Waals surface area contributed by atoms with Gasteiger partial charge in [-0.25, -0.2) is 0 Å². The highest BCUT2D eigenvalue weighted by Gasteiger charge is 2.12. The Labute approximate surface area is 118 Å². The van der Waals surface area contributed by atoms with Crippen molar-refractivity contribution in [2.45, 2.75) is 29.1 Å². The van der Waals surface area contributed by atoms with Gasteiger partial charge in [-0.2, -0.15) is 0 Å². The molecule has 0 atom stereocenters. The highest BCUT2D eigenvalue weighted by atomic mass is 32.2. The van der Waals surface area contributed by atoms with Gasteiger partial charge >= 0.3 is 0 Å². The molecule has 0 saturated carbocycles. The maximum Gasteiger partial charge on any atom is 0.120 e. The number of hydrogen-bond donors (Lipinski definition) is 1. The van der Waals surface area contributed by atoms with Crippen molar-refractivity contribution in [1.82, 2.24) is 0 Å². The minimum atomic E-state index is 0.797. The third-order valence-electron chi connectivity index (χ3n) is 3.52. The lowest BCUT2D eigenvalue weighted by Gasteiger charge is -2.09. The zero-order valence-corrected chi connectivity index (χ0v) is 11.8. The number of hydrogen-bond acceptors (Lipinski definition) is 3. The Bertz CT molecular complexity index is 610. The fourth-order valence-corrected chi connectivity index (χ4v) is 3.42. The van der Waals surface area contributed by atoms with Crippen molar-refractivity contribution >= 4 is 17.4 Å². The van der Waals surface area contributed by atoms with Crippen LogP contribution in [0.3, 0.4) is 0 Å². The SMILES string of the molecule is COc1ccc(N)c(Sc2ccc3c(c2)CCC3)c1. The molecular formula is C16H17NOS. The normalized spacial score (nSPS) is 13.3. The molecule has 0 spiro atoms. The lowest BCUT2D eigenvalue weighted by atomic mass is 10.1. The Morgan fingerprint density at radius 3 is 2.74 bits per heavy atom. The first-order chi connectivity index (χ1) is 9.26. The molecule has 0 saturated heterocycles. The molecule has 2 N–H and O–H groups in total. The molecule has 3 rings (SSSR count). The number of nitrogens with two attached hydrogens (primary N) is 1. The monoisotopic (exact) mass is 271 g/mol. The average molecular weight is 271 g/mol. The number of methoxy groups -OCH3 is 1. The van der Waals surface area contributed by atoms with Crippen molar-refractivity contribution < 1.29 is 4.74 Å². The van der Waals surface area contributed by atoms with Crippen LogP contribution >= 0.6 is 11.8 Å². The summed E-state index contributed by atoms with van der Waals surface area (Å²) in [5, 5.41) is 0. The molecule has 1 aliphatic rings. The average Bonchev–Trinajstić information content (AvgIpc) is 2.89. The van der Waals surface area contributed by atoms with Gasteiger partial charge in [0.1, 0.15) is 5.75 Å². The topological polar surface area (TPSA) is 35.2 Å². The van der Waals surface area contributed by atoms with E-state index in [9.17, 15) is 0 Å². The smallest absolute Gasteiger partial charge is 0.120 e. The third-order valence-corrected chi connectivity index (χ3v) is 4.58. The molecule has 2 aromatic carbocycles. The maximum absolute atomic E-state index is 6.03. The second kappa shape index (κ2) is 5.17. The number of ether oxygens (including phenoxy) is 1. The fourth-order valence-electron chi connectivity index (χ4n) is 2.47. The van der Waals surface area contributed by atoms with E-state index in [4.69, 9.17) is 10.5 Å². The van der Waals surface area contributed by atoms with Crippen molar-refractivity contribution in [2.24, 2.45) is 0 Å². The molecular weight excluding hydrogens is 254 g/mol. The minimum Gasteiger partial charge on any atom is -0.497 e. The van der Waals surface area contributed by atoms with E-state index < -0.39 is 0 Å². The van der Waals surface area contributed by atoms with Crippen LogP contribution in [-0.4, -0.2) is 7.11 Å². The molecule has 0 heterocycles. The number of nitrogen functional groups attached to an aromatic ring is 1. The molecule has 0 amide bonds. The second-order valence-corrected chi connectivity index (χ2v) is 5.91. The first-order valence-electron chi connectivity index (χ1n) is 6.49. The number of anilines is 1. The number of aryl methyl sites for hydroxylation is 2. The molecule has 0 aliphatic heterocycles. The Morgan fingerprint density at radius 2 is 1.89 bits per heavy atom. The van der Waals surface area contributed by atoms with Crippen LogP contribution in [0.5, 0.6) is 5.75 Å². The summed E-state index contributed by atoms with van der Waals surface area (Å²) < 4.78 is 5.25. The molecule has 2 aromatic rings. The zero-order chi connectivity index (χ0) is 13.2. The van der Waals surface area contributed by atoms with E-state index in [0.29, 0.717) is 0 Å². The summed E-state index contributed by atoms with van der Waals surface area (Å²) in [7, 11) is 1.68. The lowest BCUT2D eigenvalue weighted by molar-refractivity contribution is 0.414. The van der Waals surface area contributed by atoms with Gasteiger partial charge < -0.3 is 10.5 Å². The molecule has 98 valence electrons. The summed E-state index contributed by atoms with van der Waals surface area (Å²) in [6.07, 6.45) is 3.71. The van der Waals surface area contributed by atoms with E-state index in [2.05, 4.69) is 18.2 Å². The van der Waals surface area contributed by atoms with Crippen molar-refractivity contribution in [2.75, 3.05) is 12.8 Å². The first-order valence-corrected chi connectivity index (χ1v) is 7.31. The first kappa shape index (κ1) is 12.4. The number of rotatable bonds is 3. The van der Waals surface area contributed by atoms with Crippen LogP contribution < -0.4 is 10.5 Å². The Kier molecular flexibility index (Phi) is 3.38. The van der Waals surface area contributed by atoms with Gasteiger partial charge in [-0.3, -0.25) is 0 Å². The van der Waals surface area contributed by atoms with Gasteiger partial charge in [0.25, 0.3) is 0 Å². The summed E-state index contributed by atoms with van der Waals surface area (Å²) in [6, 6.07) is 12.5. The fraction of sp³-hybridized carbons (Fsp3) is 0.250. The van der Waals surface area contributed by atoms with Gasteiger partial charge in [-0.15, -0.1) is 0 Å². The predicted octanol–water partition coefficient (Wildman–Crippen LogP) is 3.92. The van der Waals surface area contributed by atoms with Gasteiger partial charge in [0.15, 0.2) is 0 Å². The van der Waals surface area contributed by atoms with Crippen LogP contribution in [0.15, 0.2) is 46.2 Å². The van der Waals surface area contributed by atoms with E-state index in [1.807, 2.05) is 18.2 Å². The van der Waals surface area contributed by atoms with Crippen molar-refractivity contribution in [3.05, 3.63) is 47.5 Å². The third kappa shape index (κ3) is 2.56. The standard InChI is InChI=1S/C16H17NOS/c1-18-13-6-8-15(17)16(10-13)19-14-7-5-11-3-2-4-12(11)9-14/h5-10H,2-4,17H2,1H3. The van der Waals surface area contributed by atoms with Crippen molar-refractivity contribution in [3.63, 3.8) is 0 Å². The number of benzene rings is 2. The van der Waals surface area contributed by atoms with E-state index >= 15 is 0 Å². The molecule has 2 nitrogen and oxygen atoms in total. The van der Waals surface area contributed by atoms with Gasteiger partial charge in [0.2, 0.25) is 0 Å². The molecule has 19 heavy (non-hydrogen) atoms. The van der Waals surface area contributed by atoms with Crippen molar-refractivity contribution in [1.29, 1.82) is 0 Å². The van der Waals surface area contributed by atoms with E-state index in [-0.39, 0.29) is 0 Å². The Morgan fingerprint density at radius 1 is 1.05 bits per heavy atom. The van der Waals surface area contributed by atoms with Gasteiger partial charge in [-0.1, -0.05) is 17.8 Å². The summed E-state index contributed by atoms with van der Waals surface area (Å²) in [4.78, 5) is 2.30. The van der Waals surface area contributed by atoms with E-state index in [0.717, 1.165) is 16.3 Å². The highest BCUT2D eigenvalue weighted by molar-refractivity contribution is 7.99. The van der Waals surface area contributed by atoms with Gasteiger partial charge in [-0.05, 0) is 60.7 Å². The van der Waals surface area contributed by atoms with Crippen LogP contribution in [0.1, 0.15) is 17.5 Å². The summed E-state index contributed by atoms with van der Waals surface area (Å²) >= 11 is 1.70. The van der Waals surface area contributed by atoms with Gasteiger partial charge in [0, 0.05) is 15.5 Å². The van der Waals surface area contributed by atoms with Crippen molar-refractivity contribution in [3.8, 4) is 5.75 Å². The van der Waals surface area contributed by atoms with Crippen LogP contribution in [0, 0.1) is 0 Å². The lowest BCUT2D eigenvalue weighted by Crippen LogP contribution is -1.91. The Hall–Kier alpha value is -1.61. The van der Waals surface area contributed by atoms with Crippen LogP contribution in [0.25, 0.3) is 0 Å². The van der Waals surface area contributed by atoms with Crippen LogP contribution in [0.4, 0.5) is 5.69 Å². The predicted molar refractivity (Wildman–Crippen MR) is 80.0 cm³/mol. The highest BCUT2D eigenvalue weighted by Crippen LogP contribution is 2.36. The molecule has 1 aliphatic carbocycles. The number of fused-ring (bicyclic) bond motifs is 1. The van der Waals surface area contributed by atoms with E-state index in [1.54, 1.807) is 18.9 Å². The summed E-state index contributed by atoms with van der Waals surface area (Å²) in [5.74, 6) is 0.845. The maximum atomic E-state index is 6.03. The zero-order valence-electron chi connectivity index (χ0n) is 11.0. The van der Waals surface area contributed by atoms with Crippen LogP contribution in [-0.2, 0) is 12.8 Å².